The van der Waals surface area contributed by atoms with Gasteiger partial charge in [0.1, 0.15) is 5.75 Å². The Kier molecular flexibility index (Phi) is 3.21. The Balaban J connectivity index is 3.37. The maximum absolute atomic E-state index is 11.0. The van der Waals surface area contributed by atoms with Gasteiger partial charge in [-0.3, -0.25) is 0 Å². The molecule has 0 saturated heterocycles. The van der Waals surface area contributed by atoms with Crippen molar-refractivity contribution in [3.05, 3.63) is 29.3 Å². The Morgan fingerprint density at radius 3 is 2.12 bits per heavy atom. The second kappa shape index (κ2) is 4.04. The van der Waals surface area contributed by atoms with E-state index in [4.69, 9.17) is 5.11 Å². The largest absolute Gasteiger partial charge is 0.508 e. The maximum atomic E-state index is 11.0. The van der Waals surface area contributed by atoms with Crippen LogP contribution in [0.25, 0.3) is 0 Å². The molecule has 1 rings (SSSR count). The summed E-state index contributed by atoms with van der Waals surface area (Å²) in [6.07, 6.45) is 0. The van der Waals surface area contributed by atoms with Gasteiger partial charge in [0, 0.05) is 0 Å². The van der Waals surface area contributed by atoms with E-state index in [0.29, 0.717) is 5.56 Å². The van der Waals surface area contributed by atoms with Gasteiger partial charge >= 0.3 is 5.97 Å². The van der Waals surface area contributed by atoms with Crippen LogP contribution in [-0.2, 0) is 15.8 Å². The Labute approximate surface area is 101 Å². The van der Waals surface area contributed by atoms with Crippen molar-refractivity contribution < 1.29 is 20.1 Å². The van der Waals surface area contributed by atoms with Crippen LogP contribution in [0.5, 0.6) is 5.75 Å². The van der Waals surface area contributed by atoms with Crippen molar-refractivity contribution in [1.82, 2.24) is 0 Å². The van der Waals surface area contributed by atoms with E-state index in [1.165, 1.54) is 25.1 Å². The Hall–Kier alpha value is -1.55. The molecule has 0 aliphatic heterocycles. The minimum Gasteiger partial charge on any atom is -0.508 e. The molecule has 1 aromatic rings. The van der Waals surface area contributed by atoms with Gasteiger partial charge in [0.25, 0.3) is 0 Å². The Morgan fingerprint density at radius 2 is 1.71 bits per heavy atom. The Bertz CT molecular complexity index is 441. The van der Waals surface area contributed by atoms with Crippen LogP contribution < -0.4 is 0 Å². The van der Waals surface area contributed by atoms with Crippen molar-refractivity contribution in [3.63, 3.8) is 0 Å². The molecule has 0 spiro atoms. The van der Waals surface area contributed by atoms with Gasteiger partial charge in [-0.1, -0.05) is 26.8 Å². The minimum atomic E-state index is -1.95. The fraction of sp³-hybridized carbons (Fsp3) is 0.462. The van der Waals surface area contributed by atoms with Gasteiger partial charge in [-0.05, 0) is 35.6 Å². The molecule has 0 aliphatic rings. The molecule has 1 aromatic carbocycles. The van der Waals surface area contributed by atoms with E-state index in [2.05, 4.69) is 0 Å². The summed E-state index contributed by atoms with van der Waals surface area (Å²) in [6.45, 7) is 6.93. The van der Waals surface area contributed by atoms with Gasteiger partial charge in [-0.2, -0.15) is 0 Å². The molecule has 0 saturated carbocycles. The third-order valence-electron chi connectivity index (χ3n) is 2.78. The number of aliphatic carboxylic acids is 1. The van der Waals surface area contributed by atoms with Gasteiger partial charge in [0.2, 0.25) is 0 Å². The van der Waals surface area contributed by atoms with Crippen molar-refractivity contribution in [1.29, 1.82) is 0 Å². The highest BCUT2D eigenvalue weighted by atomic mass is 16.4. The van der Waals surface area contributed by atoms with Crippen LogP contribution in [0.1, 0.15) is 38.8 Å². The molecule has 17 heavy (non-hydrogen) atoms. The van der Waals surface area contributed by atoms with E-state index in [0.717, 1.165) is 0 Å². The van der Waals surface area contributed by atoms with Gasteiger partial charge < -0.3 is 15.3 Å². The van der Waals surface area contributed by atoms with Gasteiger partial charge in [-0.25, -0.2) is 4.79 Å². The van der Waals surface area contributed by atoms with Gasteiger partial charge in [0.05, 0.1) is 0 Å². The summed E-state index contributed by atoms with van der Waals surface area (Å²) >= 11 is 0. The van der Waals surface area contributed by atoms with E-state index in [1.807, 2.05) is 20.8 Å². The first-order valence-electron chi connectivity index (χ1n) is 5.36. The molecule has 0 heterocycles. The topological polar surface area (TPSA) is 77.8 Å². The summed E-state index contributed by atoms with van der Waals surface area (Å²) in [4.78, 5) is 11.0. The summed E-state index contributed by atoms with van der Waals surface area (Å²) in [6, 6.07) is 4.36. The monoisotopic (exact) mass is 238 g/mol. The molecule has 0 aromatic heterocycles. The lowest BCUT2D eigenvalue weighted by Gasteiger charge is -2.24. The predicted molar refractivity (Wildman–Crippen MR) is 64.0 cm³/mol. The highest BCUT2D eigenvalue weighted by molar-refractivity contribution is 5.78. The van der Waals surface area contributed by atoms with E-state index < -0.39 is 11.6 Å². The van der Waals surface area contributed by atoms with Gasteiger partial charge in [0.15, 0.2) is 5.60 Å². The molecule has 0 fully saturated rings. The number of aromatic hydroxyl groups is 1. The van der Waals surface area contributed by atoms with Crippen LogP contribution in [0.4, 0.5) is 0 Å². The Morgan fingerprint density at radius 1 is 1.18 bits per heavy atom. The highest BCUT2D eigenvalue weighted by Gasteiger charge is 2.33. The number of carboxylic acid groups (broad SMARTS) is 1. The molecule has 4 heteroatoms. The predicted octanol–water partition coefficient (Wildman–Crippen LogP) is 1.98. The number of hydrogen-bond acceptors (Lipinski definition) is 3. The minimum absolute atomic E-state index is 0.0995. The second-order valence-electron chi connectivity index (χ2n) is 5.36. The summed E-state index contributed by atoms with van der Waals surface area (Å²) in [5.41, 5.74) is -1.41. The normalized spacial score (nSPS) is 15.4. The van der Waals surface area contributed by atoms with E-state index in [1.54, 1.807) is 0 Å². The number of carboxylic acids is 1. The number of phenols is 1. The first-order valence-corrected chi connectivity index (χ1v) is 5.36. The average Bonchev–Trinajstić information content (AvgIpc) is 2.15. The number of rotatable bonds is 2. The molecule has 0 amide bonds. The first-order chi connectivity index (χ1) is 7.56. The molecule has 0 bridgehead atoms. The summed E-state index contributed by atoms with van der Waals surface area (Å²) in [5, 5.41) is 28.6. The average molecular weight is 238 g/mol. The lowest BCUT2D eigenvalue weighted by molar-refractivity contribution is -0.157. The van der Waals surface area contributed by atoms with Crippen molar-refractivity contribution in [2.24, 2.45) is 0 Å². The zero-order valence-corrected chi connectivity index (χ0v) is 10.5. The lowest BCUT2D eigenvalue weighted by atomic mass is 9.83. The summed E-state index contributed by atoms with van der Waals surface area (Å²) in [7, 11) is 0. The van der Waals surface area contributed by atoms with Crippen molar-refractivity contribution >= 4 is 5.97 Å². The van der Waals surface area contributed by atoms with Crippen molar-refractivity contribution in [2.45, 2.75) is 38.7 Å². The standard InChI is InChI=1S/C13H18O4/c1-12(2,3)9-7-8(5-6-10(9)14)13(4,17)11(15)16/h5-7,14,17H,1-4H3,(H,15,16). The van der Waals surface area contributed by atoms with Crippen LogP contribution in [0.3, 0.4) is 0 Å². The molecule has 94 valence electrons. The maximum Gasteiger partial charge on any atom is 0.340 e. The fourth-order valence-electron chi connectivity index (χ4n) is 1.56. The zero-order valence-electron chi connectivity index (χ0n) is 10.5. The molecule has 0 radical (unpaired) electrons. The smallest absolute Gasteiger partial charge is 0.340 e. The summed E-state index contributed by atoms with van der Waals surface area (Å²) in [5.74, 6) is -1.22. The van der Waals surface area contributed by atoms with Crippen LogP contribution in [0.15, 0.2) is 18.2 Å². The first kappa shape index (κ1) is 13.5. The fourth-order valence-corrected chi connectivity index (χ4v) is 1.56. The quantitative estimate of drug-likeness (QED) is 0.736. The van der Waals surface area contributed by atoms with E-state index in [9.17, 15) is 15.0 Å². The number of hydrogen-bond donors (Lipinski definition) is 3. The molecule has 1 unspecified atom stereocenters. The van der Waals surface area contributed by atoms with Gasteiger partial charge in [-0.15, -0.1) is 0 Å². The lowest BCUT2D eigenvalue weighted by Crippen LogP contribution is -2.32. The molecule has 1 atom stereocenters. The number of aliphatic hydroxyl groups is 1. The van der Waals surface area contributed by atoms with E-state index >= 15 is 0 Å². The molecule has 0 aliphatic carbocycles. The van der Waals surface area contributed by atoms with Crippen molar-refractivity contribution in [3.8, 4) is 5.75 Å². The SMILES string of the molecule is CC(C)(C)c1cc(C(C)(O)C(=O)O)ccc1O. The van der Waals surface area contributed by atoms with Crippen LogP contribution >= 0.6 is 0 Å². The molecule has 3 N–H and O–H groups in total. The van der Waals surface area contributed by atoms with Crippen LogP contribution in [-0.4, -0.2) is 21.3 Å². The summed E-state index contributed by atoms with van der Waals surface area (Å²) < 4.78 is 0. The zero-order chi connectivity index (χ0) is 13.4. The number of carbonyl (C=O) groups is 1. The van der Waals surface area contributed by atoms with Crippen LogP contribution in [0, 0.1) is 0 Å². The highest BCUT2D eigenvalue weighted by Crippen LogP contribution is 2.34. The number of phenolic OH excluding ortho intramolecular Hbond substituents is 1. The van der Waals surface area contributed by atoms with Crippen molar-refractivity contribution in [2.75, 3.05) is 0 Å². The third kappa shape index (κ3) is 2.58. The molecular weight excluding hydrogens is 220 g/mol. The third-order valence-corrected chi connectivity index (χ3v) is 2.78. The number of benzene rings is 1. The molecule has 4 nitrogen and oxygen atoms in total. The molecular formula is C13H18O4. The van der Waals surface area contributed by atoms with E-state index in [-0.39, 0.29) is 16.7 Å². The second-order valence-corrected chi connectivity index (χ2v) is 5.36. The van der Waals surface area contributed by atoms with Crippen LogP contribution in [0.2, 0.25) is 0 Å².